The van der Waals surface area contributed by atoms with Gasteiger partial charge in [-0.15, -0.1) is 0 Å². The summed E-state index contributed by atoms with van der Waals surface area (Å²) in [5, 5.41) is 2.78. The summed E-state index contributed by atoms with van der Waals surface area (Å²) in [5.41, 5.74) is 3.33. The Balaban J connectivity index is 1.26. The third-order valence-corrected chi connectivity index (χ3v) is 4.50. The molecule has 2 aromatic rings. The molecule has 0 fully saturated rings. The van der Waals surface area contributed by atoms with Crippen molar-refractivity contribution in [1.82, 2.24) is 5.32 Å². The first kappa shape index (κ1) is 19.7. The zero-order valence-electron chi connectivity index (χ0n) is 16.0. The predicted molar refractivity (Wildman–Crippen MR) is 104 cm³/mol. The molecule has 0 bridgehead atoms. The van der Waals surface area contributed by atoms with E-state index >= 15 is 0 Å². The molecule has 6 heteroatoms. The lowest BCUT2D eigenvalue weighted by molar-refractivity contribution is -0.143. The molecule has 0 saturated heterocycles. The second-order valence-corrected chi connectivity index (χ2v) is 6.74. The first-order chi connectivity index (χ1) is 13.6. The van der Waals surface area contributed by atoms with Crippen LogP contribution in [0.2, 0.25) is 0 Å². The second-order valence-electron chi connectivity index (χ2n) is 6.74. The molecule has 1 N–H and O–H groups in total. The SMILES string of the molecule is Cc1ccc(CCC(=O)NCCOC(=O)CCc2ccc3c(c2)OCO3)cc1. The van der Waals surface area contributed by atoms with Crippen LogP contribution >= 0.6 is 0 Å². The number of esters is 1. The first-order valence-corrected chi connectivity index (χ1v) is 9.46. The molecule has 0 aromatic heterocycles. The lowest BCUT2D eigenvalue weighted by Gasteiger charge is -2.07. The molecule has 2 aromatic carbocycles. The molecule has 148 valence electrons. The maximum atomic E-state index is 11.9. The number of ether oxygens (including phenoxy) is 3. The fourth-order valence-corrected chi connectivity index (χ4v) is 2.87. The number of hydrogen-bond donors (Lipinski definition) is 1. The molecule has 1 aliphatic rings. The van der Waals surface area contributed by atoms with Crippen LogP contribution in [0.25, 0.3) is 0 Å². The molecule has 6 nitrogen and oxygen atoms in total. The summed E-state index contributed by atoms with van der Waals surface area (Å²) < 4.78 is 15.8. The highest BCUT2D eigenvalue weighted by atomic mass is 16.7. The van der Waals surface area contributed by atoms with Crippen LogP contribution in [0.15, 0.2) is 42.5 Å². The van der Waals surface area contributed by atoms with Crippen molar-refractivity contribution >= 4 is 11.9 Å². The number of carbonyl (C=O) groups excluding carboxylic acids is 2. The predicted octanol–water partition coefficient (Wildman–Crippen LogP) is 2.95. The van der Waals surface area contributed by atoms with Crippen LogP contribution in [0, 0.1) is 6.92 Å². The Morgan fingerprint density at radius 2 is 1.68 bits per heavy atom. The van der Waals surface area contributed by atoms with Crippen molar-refractivity contribution in [3.05, 3.63) is 59.2 Å². The number of nitrogens with one attached hydrogen (secondary N) is 1. The lowest BCUT2D eigenvalue weighted by Crippen LogP contribution is -2.28. The van der Waals surface area contributed by atoms with Gasteiger partial charge in [-0.25, -0.2) is 0 Å². The van der Waals surface area contributed by atoms with Crippen molar-refractivity contribution in [3.63, 3.8) is 0 Å². The first-order valence-electron chi connectivity index (χ1n) is 9.46. The molecule has 3 rings (SSSR count). The Morgan fingerprint density at radius 3 is 2.50 bits per heavy atom. The molecule has 0 spiro atoms. The molecule has 1 heterocycles. The standard InChI is InChI=1S/C22H25NO5/c1-16-2-4-17(5-3-16)7-10-21(24)23-12-13-26-22(25)11-8-18-6-9-19-20(14-18)28-15-27-19/h2-6,9,14H,7-8,10-13,15H2,1H3,(H,23,24). The third-order valence-electron chi connectivity index (χ3n) is 4.50. The van der Waals surface area contributed by atoms with E-state index in [4.69, 9.17) is 14.2 Å². The number of rotatable bonds is 9. The van der Waals surface area contributed by atoms with Crippen LogP contribution in [0.5, 0.6) is 11.5 Å². The minimum atomic E-state index is -0.286. The Labute approximate surface area is 164 Å². The second kappa shape index (κ2) is 9.78. The van der Waals surface area contributed by atoms with Crippen LogP contribution < -0.4 is 14.8 Å². The quantitative estimate of drug-likeness (QED) is 0.532. The Hall–Kier alpha value is -3.02. The minimum Gasteiger partial charge on any atom is -0.464 e. The van der Waals surface area contributed by atoms with E-state index < -0.39 is 0 Å². The van der Waals surface area contributed by atoms with E-state index in [9.17, 15) is 9.59 Å². The molecule has 1 amide bonds. The zero-order valence-corrected chi connectivity index (χ0v) is 16.0. The van der Waals surface area contributed by atoms with Crippen LogP contribution in [-0.2, 0) is 27.2 Å². The van der Waals surface area contributed by atoms with E-state index in [0.29, 0.717) is 31.6 Å². The monoisotopic (exact) mass is 383 g/mol. The molecule has 0 radical (unpaired) electrons. The van der Waals surface area contributed by atoms with Gasteiger partial charge in [0, 0.05) is 12.8 Å². The highest BCUT2D eigenvalue weighted by Gasteiger charge is 2.13. The average Bonchev–Trinajstić information content (AvgIpc) is 3.17. The zero-order chi connectivity index (χ0) is 19.8. The lowest BCUT2D eigenvalue weighted by atomic mass is 10.1. The fourth-order valence-electron chi connectivity index (χ4n) is 2.87. The molecule has 0 saturated carbocycles. The number of aryl methyl sites for hydroxylation is 3. The van der Waals surface area contributed by atoms with Crippen molar-refractivity contribution in [1.29, 1.82) is 0 Å². The highest BCUT2D eigenvalue weighted by Crippen LogP contribution is 2.32. The van der Waals surface area contributed by atoms with Crippen LogP contribution in [0.3, 0.4) is 0 Å². The molecule has 0 atom stereocenters. The number of benzene rings is 2. The number of fused-ring (bicyclic) bond motifs is 1. The Morgan fingerprint density at radius 1 is 0.964 bits per heavy atom. The Bertz CT molecular complexity index is 816. The number of amides is 1. The van der Waals surface area contributed by atoms with Crippen molar-refractivity contribution < 1.29 is 23.8 Å². The molecular weight excluding hydrogens is 358 g/mol. The minimum absolute atomic E-state index is 0.0445. The maximum Gasteiger partial charge on any atom is 0.306 e. The summed E-state index contributed by atoms with van der Waals surface area (Å²) in [5.74, 6) is 1.10. The van der Waals surface area contributed by atoms with Gasteiger partial charge in [0.1, 0.15) is 6.61 Å². The van der Waals surface area contributed by atoms with Crippen LogP contribution in [0.1, 0.15) is 29.5 Å². The highest BCUT2D eigenvalue weighted by molar-refractivity contribution is 5.76. The van der Waals surface area contributed by atoms with Gasteiger partial charge in [-0.1, -0.05) is 35.9 Å². The van der Waals surface area contributed by atoms with Gasteiger partial charge < -0.3 is 19.5 Å². The Kier molecular flexibility index (Phi) is 6.89. The van der Waals surface area contributed by atoms with Gasteiger partial charge in [-0.05, 0) is 43.0 Å². The van der Waals surface area contributed by atoms with E-state index in [1.165, 1.54) is 5.56 Å². The van der Waals surface area contributed by atoms with Gasteiger partial charge in [-0.3, -0.25) is 9.59 Å². The van der Waals surface area contributed by atoms with Crippen molar-refractivity contribution in [3.8, 4) is 11.5 Å². The van der Waals surface area contributed by atoms with Gasteiger partial charge >= 0.3 is 5.97 Å². The summed E-state index contributed by atoms with van der Waals surface area (Å²) >= 11 is 0. The number of hydrogen-bond acceptors (Lipinski definition) is 5. The van der Waals surface area contributed by atoms with Gasteiger partial charge in [-0.2, -0.15) is 0 Å². The number of carbonyl (C=O) groups is 2. The van der Waals surface area contributed by atoms with Crippen LogP contribution in [-0.4, -0.2) is 31.8 Å². The molecule has 0 unspecified atom stereocenters. The van der Waals surface area contributed by atoms with E-state index in [0.717, 1.165) is 16.9 Å². The largest absolute Gasteiger partial charge is 0.464 e. The normalized spacial score (nSPS) is 11.9. The average molecular weight is 383 g/mol. The summed E-state index contributed by atoms with van der Waals surface area (Å²) in [4.78, 5) is 23.7. The molecule has 28 heavy (non-hydrogen) atoms. The van der Waals surface area contributed by atoms with Crippen molar-refractivity contribution in [2.75, 3.05) is 19.9 Å². The summed E-state index contributed by atoms with van der Waals surface area (Å²) in [6.07, 6.45) is 1.96. The fraction of sp³-hybridized carbons (Fsp3) is 0.364. The molecular formula is C22H25NO5. The van der Waals surface area contributed by atoms with Gasteiger partial charge in [0.05, 0.1) is 6.54 Å². The van der Waals surface area contributed by atoms with E-state index in [1.807, 2.05) is 49.4 Å². The van der Waals surface area contributed by atoms with E-state index in [2.05, 4.69) is 5.32 Å². The topological polar surface area (TPSA) is 73.9 Å². The molecule has 0 aliphatic carbocycles. The maximum absolute atomic E-state index is 11.9. The van der Waals surface area contributed by atoms with Gasteiger partial charge in [0.15, 0.2) is 11.5 Å². The van der Waals surface area contributed by atoms with Crippen molar-refractivity contribution in [2.24, 2.45) is 0 Å². The van der Waals surface area contributed by atoms with Crippen LogP contribution in [0.4, 0.5) is 0 Å². The summed E-state index contributed by atoms with van der Waals surface area (Å²) in [7, 11) is 0. The van der Waals surface area contributed by atoms with Gasteiger partial charge in [0.25, 0.3) is 0 Å². The third kappa shape index (κ3) is 6.01. The van der Waals surface area contributed by atoms with E-state index in [-0.39, 0.29) is 31.7 Å². The smallest absolute Gasteiger partial charge is 0.306 e. The summed E-state index contributed by atoms with van der Waals surface area (Å²) in [6.45, 7) is 2.77. The van der Waals surface area contributed by atoms with E-state index in [1.54, 1.807) is 0 Å². The molecule has 1 aliphatic heterocycles. The van der Waals surface area contributed by atoms with Crippen molar-refractivity contribution in [2.45, 2.75) is 32.6 Å². The van der Waals surface area contributed by atoms with Gasteiger partial charge in [0.2, 0.25) is 12.7 Å². The summed E-state index contributed by atoms with van der Waals surface area (Å²) in [6, 6.07) is 13.8.